The topological polar surface area (TPSA) is 81.6 Å². The molecule has 0 aliphatic carbocycles. The molecule has 4 heterocycles. The second-order valence-electron chi connectivity index (χ2n) is 7.66. The number of nitrogens with zero attached hydrogens (tertiary/aromatic N) is 5. The minimum Gasteiger partial charge on any atom is -0.494 e. The van der Waals surface area contributed by atoms with Crippen LogP contribution in [0.5, 0.6) is 5.75 Å². The molecule has 1 fully saturated rings. The number of methoxy groups -OCH3 is 1. The predicted molar refractivity (Wildman–Crippen MR) is 113 cm³/mol. The van der Waals surface area contributed by atoms with Crippen molar-refractivity contribution in [3.05, 3.63) is 54.2 Å². The van der Waals surface area contributed by atoms with Gasteiger partial charge in [-0.05, 0) is 37.1 Å². The Hall–Kier alpha value is -3.03. The number of hydrogen-bond donors (Lipinski definition) is 1. The Morgan fingerprint density at radius 2 is 2.03 bits per heavy atom. The Morgan fingerprint density at radius 1 is 1.14 bits per heavy atom. The quantitative estimate of drug-likeness (QED) is 0.579. The number of pyridine rings is 2. The number of aromatic nitrogens is 4. The molecule has 148 valence electrons. The number of likely N-dealkylation sites (tertiary alicyclic amines) is 1. The van der Waals surface area contributed by atoms with Crippen molar-refractivity contribution in [1.82, 2.24) is 24.5 Å². The third-order valence-electron chi connectivity index (χ3n) is 5.84. The zero-order chi connectivity index (χ0) is 20.0. The molecule has 0 bridgehead atoms. The van der Waals surface area contributed by atoms with Crippen LogP contribution in [0.3, 0.4) is 0 Å². The van der Waals surface area contributed by atoms with Crippen LogP contribution in [-0.4, -0.2) is 50.7 Å². The van der Waals surface area contributed by atoms with Gasteiger partial charge in [-0.3, -0.25) is 9.30 Å². The molecule has 2 N–H and O–H groups in total. The first-order chi connectivity index (χ1) is 14.1. The Balaban J connectivity index is 1.58. The smallest absolute Gasteiger partial charge is 0.187 e. The van der Waals surface area contributed by atoms with Crippen molar-refractivity contribution >= 4 is 16.6 Å². The lowest BCUT2D eigenvalue weighted by atomic mass is 10.1. The first-order valence-corrected chi connectivity index (χ1v) is 9.92. The molecule has 7 heteroatoms. The van der Waals surface area contributed by atoms with Crippen molar-refractivity contribution in [2.24, 2.45) is 5.73 Å². The van der Waals surface area contributed by atoms with Crippen LogP contribution in [0.2, 0.25) is 0 Å². The molecule has 4 aromatic rings. The van der Waals surface area contributed by atoms with Gasteiger partial charge in [-0.2, -0.15) is 0 Å². The summed E-state index contributed by atoms with van der Waals surface area (Å²) in [7, 11) is 1.66. The molecule has 3 aromatic heterocycles. The summed E-state index contributed by atoms with van der Waals surface area (Å²) in [6.07, 6.45) is 3.17. The molecule has 5 rings (SSSR count). The largest absolute Gasteiger partial charge is 0.494 e. The maximum atomic E-state index is 6.10. The summed E-state index contributed by atoms with van der Waals surface area (Å²) in [5, 5.41) is 9.78. The number of benzene rings is 1. The lowest BCUT2D eigenvalue weighted by Crippen LogP contribution is -2.28. The van der Waals surface area contributed by atoms with Gasteiger partial charge < -0.3 is 10.5 Å². The van der Waals surface area contributed by atoms with Gasteiger partial charge in [0.25, 0.3) is 0 Å². The molecule has 0 spiro atoms. The van der Waals surface area contributed by atoms with Crippen molar-refractivity contribution in [1.29, 1.82) is 0 Å². The van der Waals surface area contributed by atoms with Gasteiger partial charge in [0.1, 0.15) is 17.0 Å². The summed E-state index contributed by atoms with van der Waals surface area (Å²) in [6.45, 7) is 4.18. The van der Waals surface area contributed by atoms with Gasteiger partial charge in [-0.25, -0.2) is 4.98 Å². The molecule has 0 unspecified atom stereocenters. The van der Waals surface area contributed by atoms with E-state index < -0.39 is 0 Å². The average Bonchev–Trinajstić information content (AvgIpc) is 3.38. The van der Waals surface area contributed by atoms with Crippen LogP contribution < -0.4 is 10.5 Å². The fourth-order valence-electron chi connectivity index (χ4n) is 4.12. The third-order valence-corrected chi connectivity index (χ3v) is 5.84. The lowest BCUT2D eigenvalue weighted by Gasteiger charge is -2.24. The van der Waals surface area contributed by atoms with Gasteiger partial charge >= 0.3 is 0 Å². The second-order valence-corrected chi connectivity index (χ2v) is 7.66. The number of nitrogens with two attached hydrogens (primary N) is 1. The maximum Gasteiger partial charge on any atom is 0.187 e. The Kier molecular flexibility index (Phi) is 4.41. The average molecular weight is 388 g/mol. The maximum absolute atomic E-state index is 6.10. The second kappa shape index (κ2) is 7.09. The van der Waals surface area contributed by atoms with Crippen LogP contribution in [0.1, 0.15) is 24.9 Å². The van der Waals surface area contributed by atoms with E-state index in [0.717, 1.165) is 53.3 Å². The van der Waals surface area contributed by atoms with Gasteiger partial charge in [0, 0.05) is 36.8 Å². The summed E-state index contributed by atoms with van der Waals surface area (Å²) in [4.78, 5) is 7.25. The molecule has 1 aliphatic rings. The van der Waals surface area contributed by atoms with Gasteiger partial charge in [-0.1, -0.05) is 24.3 Å². The first kappa shape index (κ1) is 18.0. The highest BCUT2D eigenvalue weighted by atomic mass is 16.5. The molecular formula is C22H24N6O. The fraction of sp³-hybridized carbons (Fsp3) is 0.318. The number of ether oxygens (including phenoxy) is 1. The van der Waals surface area contributed by atoms with Crippen LogP contribution in [0.15, 0.2) is 48.7 Å². The van der Waals surface area contributed by atoms with E-state index in [1.54, 1.807) is 7.11 Å². The standard InChI is InChI=1S/C22H24N6O/c1-14(27-11-10-17(23)13-27)16-7-9-20-25-26-22(28(20)12-16)18-8-6-15-4-3-5-19(29-2)21(15)24-18/h3-9,12,14,17H,10-11,13,23H2,1-2H3/t14-,17-/m0/s1. The predicted octanol–water partition coefficient (Wildman–Crippen LogP) is 3.05. The molecule has 0 amide bonds. The zero-order valence-corrected chi connectivity index (χ0v) is 16.6. The highest BCUT2D eigenvalue weighted by Crippen LogP contribution is 2.28. The molecule has 2 atom stereocenters. The van der Waals surface area contributed by atoms with Gasteiger partial charge in [-0.15, -0.1) is 10.2 Å². The SMILES string of the molecule is COc1cccc2ccc(-c3nnc4ccc([C@H](C)N5CC[C@H](N)C5)cn34)nc12. The van der Waals surface area contributed by atoms with Gasteiger partial charge in [0.2, 0.25) is 0 Å². The summed E-state index contributed by atoms with van der Waals surface area (Å²) in [5.41, 5.74) is 9.70. The summed E-state index contributed by atoms with van der Waals surface area (Å²) >= 11 is 0. The Bertz CT molecular complexity index is 1190. The molecule has 1 saturated heterocycles. The van der Waals surface area contributed by atoms with Crippen molar-refractivity contribution in [2.45, 2.75) is 25.4 Å². The van der Waals surface area contributed by atoms with E-state index in [2.05, 4.69) is 34.3 Å². The van der Waals surface area contributed by atoms with E-state index >= 15 is 0 Å². The molecule has 0 saturated carbocycles. The normalized spacial score (nSPS) is 18.5. The van der Waals surface area contributed by atoms with Crippen molar-refractivity contribution < 1.29 is 4.74 Å². The summed E-state index contributed by atoms with van der Waals surface area (Å²) in [6, 6.07) is 14.6. The van der Waals surface area contributed by atoms with E-state index in [1.165, 1.54) is 5.56 Å². The van der Waals surface area contributed by atoms with Crippen LogP contribution in [0, 0.1) is 0 Å². The first-order valence-electron chi connectivity index (χ1n) is 9.92. The molecule has 1 aliphatic heterocycles. The minimum atomic E-state index is 0.267. The molecule has 0 radical (unpaired) electrons. The minimum absolute atomic E-state index is 0.267. The fourth-order valence-corrected chi connectivity index (χ4v) is 4.12. The highest BCUT2D eigenvalue weighted by Gasteiger charge is 2.25. The van der Waals surface area contributed by atoms with E-state index in [1.807, 2.05) is 40.8 Å². The van der Waals surface area contributed by atoms with Crippen LogP contribution in [0.25, 0.3) is 28.1 Å². The van der Waals surface area contributed by atoms with E-state index in [4.69, 9.17) is 15.5 Å². The monoisotopic (exact) mass is 388 g/mol. The van der Waals surface area contributed by atoms with E-state index in [-0.39, 0.29) is 12.1 Å². The number of fused-ring (bicyclic) bond motifs is 2. The van der Waals surface area contributed by atoms with Crippen molar-refractivity contribution in [3.8, 4) is 17.3 Å². The molecular weight excluding hydrogens is 364 g/mol. The molecule has 1 aromatic carbocycles. The molecule has 29 heavy (non-hydrogen) atoms. The number of hydrogen-bond acceptors (Lipinski definition) is 6. The van der Waals surface area contributed by atoms with Gasteiger partial charge in [0.15, 0.2) is 11.5 Å². The Labute approximate surface area is 169 Å². The van der Waals surface area contributed by atoms with E-state index in [0.29, 0.717) is 0 Å². The Morgan fingerprint density at radius 3 is 2.83 bits per heavy atom. The van der Waals surface area contributed by atoms with E-state index in [9.17, 15) is 0 Å². The number of rotatable bonds is 4. The highest BCUT2D eigenvalue weighted by molar-refractivity contribution is 5.86. The van der Waals surface area contributed by atoms with Crippen LogP contribution >= 0.6 is 0 Å². The zero-order valence-electron chi connectivity index (χ0n) is 16.6. The third kappa shape index (κ3) is 3.12. The lowest BCUT2D eigenvalue weighted by molar-refractivity contribution is 0.259. The van der Waals surface area contributed by atoms with Gasteiger partial charge in [0.05, 0.1) is 7.11 Å². The summed E-state index contributed by atoms with van der Waals surface area (Å²) < 4.78 is 7.50. The molecule has 7 nitrogen and oxygen atoms in total. The van der Waals surface area contributed by atoms with Crippen molar-refractivity contribution in [3.63, 3.8) is 0 Å². The summed E-state index contributed by atoms with van der Waals surface area (Å²) in [5.74, 6) is 1.47. The van der Waals surface area contributed by atoms with Crippen LogP contribution in [-0.2, 0) is 0 Å². The number of para-hydroxylation sites is 1. The van der Waals surface area contributed by atoms with Crippen molar-refractivity contribution in [2.75, 3.05) is 20.2 Å². The van der Waals surface area contributed by atoms with Crippen LogP contribution in [0.4, 0.5) is 0 Å².